The molecule has 1 aromatic heterocycles. The van der Waals surface area contributed by atoms with Crippen LogP contribution < -0.4 is 10.6 Å². The molecule has 8 heteroatoms. The van der Waals surface area contributed by atoms with E-state index in [1.807, 2.05) is 18.2 Å². The second kappa shape index (κ2) is 7.73. The Balaban J connectivity index is 1.52. The van der Waals surface area contributed by atoms with Crippen LogP contribution in [-0.2, 0) is 0 Å². The minimum absolute atomic E-state index is 0.0272. The predicted molar refractivity (Wildman–Crippen MR) is 110 cm³/mol. The van der Waals surface area contributed by atoms with Crippen molar-refractivity contribution in [1.82, 2.24) is 9.97 Å². The zero-order chi connectivity index (χ0) is 20.2. The number of aromatic nitrogens is 2. The fraction of sp³-hybridized carbons (Fsp3) is 0. The Bertz CT molecular complexity index is 1190. The van der Waals surface area contributed by atoms with Crippen molar-refractivity contribution in [2.24, 2.45) is 0 Å². The van der Waals surface area contributed by atoms with Crippen LogP contribution in [0.2, 0.25) is 0 Å². The number of anilines is 3. The minimum Gasteiger partial charge on any atom is -0.340 e. The summed E-state index contributed by atoms with van der Waals surface area (Å²) in [6.07, 6.45) is 1.35. The highest BCUT2D eigenvalue weighted by atomic mass is 16.6. The average Bonchev–Trinajstić information content (AvgIpc) is 2.75. The molecule has 29 heavy (non-hydrogen) atoms. The molecule has 0 saturated carbocycles. The fourth-order valence-corrected chi connectivity index (χ4v) is 2.83. The number of nitrogens with zero attached hydrogens (tertiary/aromatic N) is 3. The molecule has 0 aliphatic carbocycles. The molecule has 2 N–H and O–H groups in total. The monoisotopic (exact) mass is 385 g/mol. The van der Waals surface area contributed by atoms with Crippen LogP contribution in [0.15, 0.2) is 79.1 Å². The van der Waals surface area contributed by atoms with Gasteiger partial charge < -0.3 is 10.6 Å². The molecule has 3 aromatic carbocycles. The molecule has 0 bridgehead atoms. The number of nitro groups is 1. The standard InChI is InChI=1S/C21H15N5O3/c27-21(14-4-2-1-3-5-14)25-16-8-6-15(7-9-16)24-20-18-11-10-17(26(28)29)12-19(18)22-13-23-20/h1-13H,(H,25,27)(H,22,23,24). The Morgan fingerprint density at radius 3 is 2.34 bits per heavy atom. The van der Waals surface area contributed by atoms with Gasteiger partial charge in [0.25, 0.3) is 11.6 Å². The number of fused-ring (bicyclic) bond motifs is 1. The molecule has 142 valence electrons. The van der Waals surface area contributed by atoms with E-state index in [-0.39, 0.29) is 11.6 Å². The Kier molecular flexibility index (Phi) is 4.81. The molecule has 1 amide bonds. The normalized spacial score (nSPS) is 10.5. The van der Waals surface area contributed by atoms with E-state index in [9.17, 15) is 14.9 Å². The Morgan fingerprint density at radius 1 is 0.897 bits per heavy atom. The molecule has 0 aliphatic rings. The van der Waals surface area contributed by atoms with Crippen LogP contribution in [0.4, 0.5) is 22.9 Å². The molecule has 0 aliphatic heterocycles. The van der Waals surface area contributed by atoms with Gasteiger partial charge in [-0.3, -0.25) is 14.9 Å². The largest absolute Gasteiger partial charge is 0.340 e. The fourth-order valence-electron chi connectivity index (χ4n) is 2.83. The van der Waals surface area contributed by atoms with E-state index in [2.05, 4.69) is 20.6 Å². The quantitative estimate of drug-likeness (QED) is 0.386. The van der Waals surface area contributed by atoms with Crippen molar-refractivity contribution < 1.29 is 9.72 Å². The van der Waals surface area contributed by atoms with Crippen LogP contribution in [0, 0.1) is 10.1 Å². The summed E-state index contributed by atoms with van der Waals surface area (Å²) in [7, 11) is 0. The van der Waals surface area contributed by atoms with E-state index < -0.39 is 4.92 Å². The average molecular weight is 385 g/mol. The molecule has 4 rings (SSSR count). The number of hydrogen-bond acceptors (Lipinski definition) is 6. The second-order valence-corrected chi connectivity index (χ2v) is 6.20. The van der Waals surface area contributed by atoms with Gasteiger partial charge in [-0.05, 0) is 42.5 Å². The van der Waals surface area contributed by atoms with Crippen molar-refractivity contribution in [3.8, 4) is 0 Å². The summed E-state index contributed by atoms with van der Waals surface area (Å²) < 4.78 is 0. The maximum absolute atomic E-state index is 12.2. The smallest absolute Gasteiger partial charge is 0.271 e. The van der Waals surface area contributed by atoms with E-state index in [1.54, 1.807) is 42.5 Å². The Morgan fingerprint density at radius 2 is 1.62 bits per heavy atom. The van der Waals surface area contributed by atoms with Gasteiger partial charge in [0.15, 0.2) is 0 Å². The molecule has 0 atom stereocenters. The highest BCUT2D eigenvalue weighted by molar-refractivity contribution is 6.04. The van der Waals surface area contributed by atoms with E-state index in [0.717, 1.165) is 5.69 Å². The molecule has 8 nitrogen and oxygen atoms in total. The number of carbonyl (C=O) groups is 1. The number of rotatable bonds is 5. The molecule has 0 radical (unpaired) electrons. The first-order valence-electron chi connectivity index (χ1n) is 8.73. The van der Waals surface area contributed by atoms with Crippen molar-refractivity contribution in [1.29, 1.82) is 0 Å². The maximum atomic E-state index is 12.2. The third-order valence-corrected chi connectivity index (χ3v) is 4.27. The number of benzene rings is 3. The maximum Gasteiger partial charge on any atom is 0.271 e. The number of carbonyl (C=O) groups excluding carboxylic acids is 1. The van der Waals surface area contributed by atoms with E-state index in [0.29, 0.717) is 28.0 Å². The zero-order valence-electron chi connectivity index (χ0n) is 15.1. The van der Waals surface area contributed by atoms with Crippen molar-refractivity contribution in [2.75, 3.05) is 10.6 Å². The molecule has 0 unspecified atom stereocenters. The summed E-state index contributed by atoms with van der Waals surface area (Å²) in [6.45, 7) is 0. The lowest BCUT2D eigenvalue weighted by Crippen LogP contribution is -2.11. The van der Waals surface area contributed by atoms with Gasteiger partial charge in [0.1, 0.15) is 12.1 Å². The minimum atomic E-state index is -0.461. The number of amides is 1. The molecular weight excluding hydrogens is 370 g/mol. The third-order valence-electron chi connectivity index (χ3n) is 4.27. The Labute approximate surface area is 165 Å². The van der Waals surface area contributed by atoms with Crippen LogP contribution in [0.3, 0.4) is 0 Å². The van der Waals surface area contributed by atoms with Gasteiger partial charge in [0.2, 0.25) is 0 Å². The predicted octanol–water partition coefficient (Wildman–Crippen LogP) is 4.53. The van der Waals surface area contributed by atoms with Crippen LogP contribution >= 0.6 is 0 Å². The topological polar surface area (TPSA) is 110 Å². The summed E-state index contributed by atoms with van der Waals surface area (Å²) in [5, 5.41) is 17.6. The van der Waals surface area contributed by atoms with E-state index >= 15 is 0 Å². The van der Waals surface area contributed by atoms with Crippen molar-refractivity contribution in [3.63, 3.8) is 0 Å². The number of hydrogen-bond donors (Lipinski definition) is 2. The van der Waals surface area contributed by atoms with Crippen LogP contribution in [0.25, 0.3) is 10.9 Å². The van der Waals surface area contributed by atoms with Crippen LogP contribution in [0.1, 0.15) is 10.4 Å². The van der Waals surface area contributed by atoms with Crippen LogP contribution in [0.5, 0.6) is 0 Å². The first-order chi connectivity index (χ1) is 14.1. The van der Waals surface area contributed by atoms with Gasteiger partial charge in [-0.2, -0.15) is 0 Å². The van der Waals surface area contributed by atoms with Crippen molar-refractivity contribution >= 4 is 39.7 Å². The molecule has 0 fully saturated rings. The van der Waals surface area contributed by atoms with Crippen molar-refractivity contribution in [2.45, 2.75) is 0 Å². The summed E-state index contributed by atoms with van der Waals surface area (Å²) in [4.78, 5) is 31.0. The van der Waals surface area contributed by atoms with Crippen molar-refractivity contribution in [3.05, 3.63) is 94.8 Å². The second-order valence-electron chi connectivity index (χ2n) is 6.20. The molecule has 4 aromatic rings. The summed E-state index contributed by atoms with van der Waals surface area (Å²) in [6, 6.07) is 20.6. The zero-order valence-corrected chi connectivity index (χ0v) is 15.1. The number of non-ortho nitro benzene ring substituents is 1. The molecular formula is C21H15N5O3. The van der Waals surface area contributed by atoms with Gasteiger partial charge in [0, 0.05) is 34.5 Å². The van der Waals surface area contributed by atoms with Crippen LogP contribution in [-0.4, -0.2) is 20.8 Å². The first-order valence-corrected chi connectivity index (χ1v) is 8.73. The van der Waals surface area contributed by atoms with E-state index in [4.69, 9.17) is 0 Å². The number of nitro benzene ring substituents is 1. The molecule has 0 saturated heterocycles. The lowest BCUT2D eigenvalue weighted by Gasteiger charge is -2.10. The third kappa shape index (κ3) is 4.01. The number of nitrogens with one attached hydrogen (secondary N) is 2. The van der Waals surface area contributed by atoms with Gasteiger partial charge >= 0.3 is 0 Å². The summed E-state index contributed by atoms with van der Waals surface area (Å²) in [5.41, 5.74) is 2.44. The molecule has 1 heterocycles. The lowest BCUT2D eigenvalue weighted by molar-refractivity contribution is -0.384. The molecule has 0 spiro atoms. The van der Waals surface area contributed by atoms with Gasteiger partial charge in [0.05, 0.1) is 10.4 Å². The summed E-state index contributed by atoms with van der Waals surface area (Å²) >= 11 is 0. The SMILES string of the molecule is O=C(Nc1ccc(Nc2ncnc3cc([N+](=O)[O-])ccc23)cc1)c1ccccc1. The highest BCUT2D eigenvalue weighted by Gasteiger charge is 2.11. The van der Waals surface area contributed by atoms with Gasteiger partial charge in [-0.1, -0.05) is 18.2 Å². The summed E-state index contributed by atoms with van der Waals surface area (Å²) in [5.74, 6) is 0.348. The highest BCUT2D eigenvalue weighted by Crippen LogP contribution is 2.26. The lowest BCUT2D eigenvalue weighted by atomic mass is 10.2. The van der Waals surface area contributed by atoms with E-state index in [1.165, 1.54) is 18.5 Å². The first kappa shape index (κ1) is 18.1. The van der Waals surface area contributed by atoms with Gasteiger partial charge in [-0.15, -0.1) is 0 Å². The Hall–Kier alpha value is -4.33. The van der Waals surface area contributed by atoms with Gasteiger partial charge in [-0.25, -0.2) is 9.97 Å².